The van der Waals surface area contributed by atoms with Gasteiger partial charge in [0.2, 0.25) is 6.79 Å². The number of benzene rings is 1. The third-order valence-corrected chi connectivity index (χ3v) is 2.13. The highest BCUT2D eigenvalue weighted by Gasteiger charge is 2.15. The molecule has 1 aromatic rings. The average Bonchev–Trinajstić information content (AvgIpc) is 2.71. The molecule has 0 fully saturated rings. The van der Waals surface area contributed by atoms with Crippen molar-refractivity contribution in [2.24, 2.45) is 0 Å². The molecule has 15 heavy (non-hydrogen) atoms. The van der Waals surface area contributed by atoms with Gasteiger partial charge in [-0.05, 0) is 6.07 Å². The van der Waals surface area contributed by atoms with Crippen molar-refractivity contribution in [3.63, 3.8) is 0 Å². The van der Waals surface area contributed by atoms with E-state index in [0.717, 1.165) is 6.29 Å². The summed E-state index contributed by atoms with van der Waals surface area (Å²) >= 11 is 3.98. The Morgan fingerprint density at radius 3 is 2.80 bits per heavy atom. The standard InChI is InChI=1S/C11H8O3S/c12-6-9-5-11-10(13-7-14-11)4-8(9)2-1-3-15/h4-6,15H,3,7H2. The summed E-state index contributed by atoms with van der Waals surface area (Å²) in [6, 6.07) is 3.35. The van der Waals surface area contributed by atoms with Gasteiger partial charge in [-0.25, -0.2) is 0 Å². The number of rotatable bonds is 1. The molecule has 0 bridgehead atoms. The van der Waals surface area contributed by atoms with Crippen molar-refractivity contribution in [3.05, 3.63) is 23.3 Å². The molecule has 0 unspecified atom stereocenters. The zero-order valence-electron chi connectivity index (χ0n) is 7.82. The van der Waals surface area contributed by atoms with Crippen LogP contribution in [0.5, 0.6) is 11.5 Å². The minimum atomic E-state index is 0.192. The van der Waals surface area contributed by atoms with Crippen molar-refractivity contribution in [2.75, 3.05) is 12.5 Å². The van der Waals surface area contributed by atoms with Gasteiger partial charge in [0.15, 0.2) is 17.8 Å². The molecule has 0 radical (unpaired) electrons. The van der Waals surface area contributed by atoms with E-state index in [2.05, 4.69) is 24.5 Å². The van der Waals surface area contributed by atoms with E-state index >= 15 is 0 Å². The smallest absolute Gasteiger partial charge is 0.231 e. The van der Waals surface area contributed by atoms with Gasteiger partial charge in [-0.1, -0.05) is 11.8 Å². The van der Waals surface area contributed by atoms with Gasteiger partial charge in [0.25, 0.3) is 0 Å². The van der Waals surface area contributed by atoms with Crippen LogP contribution in [0.2, 0.25) is 0 Å². The topological polar surface area (TPSA) is 35.5 Å². The molecule has 0 amide bonds. The van der Waals surface area contributed by atoms with E-state index in [1.165, 1.54) is 0 Å². The molecule has 76 valence electrons. The minimum absolute atomic E-state index is 0.192. The Labute approximate surface area is 92.8 Å². The normalized spacial score (nSPS) is 11.8. The lowest BCUT2D eigenvalue weighted by Gasteiger charge is -1.99. The van der Waals surface area contributed by atoms with Crippen molar-refractivity contribution in [3.8, 4) is 23.3 Å². The van der Waals surface area contributed by atoms with Gasteiger partial charge in [-0.2, -0.15) is 12.6 Å². The first kappa shape index (κ1) is 9.94. The first-order chi connectivity index (χ1) is 7.35. The predicted molar refractivity (Wildman–Crippen MR) is 58.7 cm³/mol. The van der Waals surface area contributed by atoms with Crippen LogP contribution < -0.4 is 9.47 Å². The zero-order valence-corrected chi connectivity index (χ0v) is 8.71. The molecule has 0 spiro atoms. The summed E-state index contributed by atoms with van der Waals surface area (Å²) < 4.78 is 10.3. The number of ether oxygens (including phenoxy) is 2. The number of hydrogen-bond donors (Lipinski definition) is 1. The van der Waals surface area contributed by atoms with E-state index in [0.29, 0.717) is 28.4 Å². The molecule has 0 aromatic heterocycles. The van der Waals surface area contributed by atoms with Crippen LogP contribution in [0.15, 0.2) is 12.1 Å². The van der Waals surface area contributed by atoms with Gasteiger partial charge in [-0.15, -0.1) is 0 Å². The molecule has 1 aliphatic rings. The average molecular weight is 220 g/mol. The fourth-order valence-electron chi connectivity index (χ4n) is 1.30. The molecular weight excluding hydrogens is 212 g/mol. The number of aldehydes is 1. The van der Waals surface area contributed by atoms with Crippen LogP contribution in [-0.4, -0.2) is 18.8 Å². The molecular formula is C11H8O3S. The molecule has 0 atom stereocenters. The maximum absolute atomic E-state index is 10.8. The van der Waals surface area contributed by atoms with Gasteiger partial charge in [0.1, 0.15) is 0 Å². The third kappa shape index (κ3) is 1.92. The summed E-state index contributed by atoms with van der Waals surface area (Å²) in [6.07, 6.45) is 0.754. The maximum Gasteiger partial charge on any atom is 0.231 e. The highest BCUT2D eigenvalue weighted by Crippen LogP contribution is 2.34. The highest BCUT2D eigenvalue weighted by molar-refractivity contribution is 7.80. The van der Waals surface area contributed by atoms with Crippen LogP contribution >= 0.6 is 12.6 Å². The number of hydrogen-bond acceptors (Lipinski definition) is 4. The lowest BCUT2D eigenvalue weighted by atomic mass is 10.1. The SMILES string of the molecule is O=Cc1cc2c(cc1C#CCS)OCO2. The fraction of sp³-hybridized carbons (Fsp3) is 0.182. The number of carbonyl (C=O) groups excluding carboxylic acids is 1. The van der Waals surface area contributed by atoms with Crippen molar-refractivity contribution >= 4 is 18.9 Å². The molecule has 1 aromatic carbocycles. The van der Waals surface area contributed by atoms with Crippen molar-refractivity contribution in [2.45, 2.75) is 0 Å². The van der Waals surface area contributed by atoms with Crippen LogP contribution in [0.1, 0.15) is 15.9 Å². The van der Waals surface area contributed by atoms with Crippen LogP contribution in [0.3, 0.4) is 0 Å². The molecule has 1 aliphatic heterocycles. The van der Waals surface area contributed by atoms with E-state index in [9.17, 15) is 4.79 Å². The molecule has 0 saturated carbocycles. The first-order valence-electron chi connectivity index (χ1n) is 4.33. The number of fused-ring (bicyclic) bond motifs is 1. The van der Waals surface area contributed by atoms with Crippen LogP contribution in [0.4, 0.5) is 0 Å². The van der Waals surface area contributed by atoms with Gasteiger partial charge < -0.3 is 9.47 Å². The summed E-state index contributed by atoms with van der Waals surface area (Å²) in [5.41, 5.74) is 1.15. The summed E-state index contributed by atoms with van der Waals surface area (Å²) in [7, 11) is 0. The van der Waals surface area contributed by atoms with Gasteiger partial charge in [0.05, 0.1) is 5.75 Å². The first-order valence-corrected chi connectivity index (χ1v) is 4.97. The second-order valence-electron chi connectivity index (χ2n) is 2.87. The summed E-state index contributed by atoms with van der Waals surface area (Å²) in [6.45, 7) is 0.192. The number of carbonyl (C=O) groups is 1. The Morgan fingerprint density at radius 1 is 1.40 bits per heavy atom. The second-order valence-corrected chi connectivity index (χ2v) is 3.19. The molecule has 0 aliphatic carbocycles. The predicted octanol–water partition coefficient (Wildman–Crippen LogP) is 1.51. The van der Waals surface area contributed by atoms with E-state index in [-0.39, 0.29) is 6.79 Å². The van der Waals surface area contributed by atoms with E-state index in [4.69, 9.17) is 9.47 Å². The Hall–Kier alpha value is -1.60. The molecule has 3 nitrogen and oxygen atoms in total. The molecule has 1 heterocycles. The summed E-state index contributed by atoms with van der Waals surface area (Å²) in [4.78, 5) is 10.8. The number of thiol groups is 1. The maximum atomic E-state index is 10.8. The van der Waals surface area contributed by atoms with Crippen molar-refractivity contribution in [1.29, 1.82) is 0 Å². The Balaban J connectivity index is 2.48. The van der Waals surface area contributed by atoms with Gasteiger partial charge in [0, 0.05) is 17.2 Å². The largest absolute Gasteiger partial charge is 0.454 e. The highest BCUT2D eigenvalue weighted by atomic mass is 32.1. The van der Waals surface area contributed by atoms with Crippen LogP contribution in [0, 0.1) is 11.8 Å². The fourth-order valence-corrected chi connectivity index (χ4v) is 1.38. The Bertz CT molecular complexity index is 457. The van der Waals surface area contributed by atoms with Crippen LogP contribution in [0.25, 0.3) is 0 Å². The lowest BCUT2D eigenvalue weighted by molar-refractivity contribution is 0.112. The van der Waals surface area contributed by atoms with E-state index in [1.807, 2.05) is 0 Å². The van der Waals surface area contributed by atoms with E-state index < -0.39 is 0 Å². The molecule has 0 saturated heterocycles. The van der Waals surface area contributed by atoms with Crippen molar-refractivity contribution < 1.29 is 14.3 Å². The molecule has 0 N–H and O–H groups in total. The molecule has 4 heteroatoms. The van der Waals surface area contributed by atoms with Gasteiger partial charge >= 0.3 is 0 Å². The monoisotopic (exact) mass is 220 g/mol. The second kappa shape index (κ2) is 4.28. The summed E-state index contributed by atoms with van der Waals surface area (Å²) in [5.74, 6) is 7.31. The van der Waals surface area contributed by atoms with Crippen LogP contribution in [-0.2, 0) is 0 Å². The summed E-state index contributed by atoms with van der Waals surface area (Å²) in [5, 5.41) is 0. The van der Waals surface area contributed by atoms with Crippen molar-refractivity contribution in [1.82, 2.24) is 0 Å². The third-order valence-electron chi connectivity index (χ3n) is 1.97. The van der Waals surface area contributed by atoms with E-state index in [1.54, 1.807) is 12.1 Å². The minimum Gasteiger partial charge on any atom is -0.454 e. The zero-order chi connectivity index (χ0) is 10.7. The van der Waals surface area contributed by atoms with Gasteiger partial charge in [-0.3, -0.25) is 4.79 Å². The quantitative estimate of drug-likeness (QED) is 0.442. The molecule has 2 rings (SSSR count). The lowest BCUT2D eigenvalue weighted by Crippen LogP contribution is -1.92. The Morgan fingerprint density at radius 2 is 2.13 bits per heavy atom. The Kier molecular flexibility index (Phi) is 2.84.